The number of amides is 1. The lowest BCUT2D eigenvalue weighted by molar-refractivity contribution is 0.0952. The van der Waals surface area contributed by atoms with Gasteiger partial charge in [0.05, 0.1) is 11.3 Å². The number of carbonyl (C=O) groups excluding carboxylic acids is 1. The van der Waals surface area contributed by atoms with E-state index in [2.05, 4.69) is 15.4 Å². The molecule has 0 bridgehead atoms. The molecule has 0 spiro atoms. The molecule has 2 heterocycles. The second-order valence-corrected chi connectivity index (χ2v) is 4.49. The van der Waals surface area contributed by atoms with Crippen molar-refractivity contribution in [2.75, 3.05) is 13.2 Å². The number of rotatable bonds is 5. The Morgan fingerprint density at radius 3 is 3.00 bits per heavy atom. The lowest BCUT2D eigenvalue weighted by Gasteiger charge is -2.04. The van der Waals surface area contributed by atoms with Crippen LogP contribution in [0, 0.1) is 6.92 Å². The van der Waals surface area contributed by atoms with E-state index in [1.54, 1.807) is 10.9 Å². The highest BCUT2D eigenvalue weighted by Gasteiger charge is 2.11. The van der Waals surface area contributed by atoms with Gasteiger partial charge in [-0.3, -0.25) is 9.48 Å². The number of aliphatic hydroxyl groups is 1. The number of fused-ring (bicyclic) bond motifs is 1. The van der Waals surface area contributed by atoms with Crippen molar-refractivity contribution in [3.63, 3.8) is 0 Å². The summed E-state index contributed by atoms with van der Waals surface area (Å²) in [4.78, 5) is 16.2. The molecule has 6 heteroatoms. The fourth-order valence-electron chi connectivity index (χ4n) is 1.97. The smallest absolute Gasteiger partial charge is 0.252 e. The quantitative estimate of drug-likeness (QED) is 0.780. The zero-order chi connectivity index (χ0) is 13.8. The fraction of sp³-hybridized carbons (Fsp3) is 0.462. The average Bonchev–Trinajstić information content (AvgIpc) is 2.69. The molecule has 0 fully saturated rings. The number of nitrogens with zero attached hydrogens (tertiary/aromatic N) is 3. The number of unbranched alkanes of at least 4 members (excludes halogenated alkanes) is 1. The van der Waals surface area contributed by atoms with Crippen LogP contribution in [0.3, 0.4) is 0 Å². The Balaban J connectivity index is 2.12. The first-order chi connectivity index (χ1) is 9.13. The maximum Gasteiger partial charge on any atom is 0.252 e. The maximum atomic E-state index is 11.9. The molecule has 0 radical (unpaired) electrons. The molecular weight excluding hydrogens is 244 g/mol. The zero-order valence-electron chi connectivity index (χ0n) is 11.2. The molecule has 19 heavy (non-hydrogen) atoms. The third-order valence-electron chi connectivity index (χ3n) is 3.00. The number of hydrogen-bond acceptors (Lipinski definition) is 4. The first-order valence-corrected chi connectivity index (χ1v) is 6.32. The molecule has 0 saturated heterocycles. The Labute approximate surface area is 111 Å². The van der Waals surface area contributed by atoms with Gasteiger partial charge in [0.15, 0.2) is 5.65 Å². The Morgan fingerprint density at radius 1 is 1.47 bits per heavy atom. The van der Waals surface area contributed by atoms with Gasteiger partial charge in [0.1, 0.15) is 0 Å². The summed E-state index contributed by atoms with van der Waals surface area (Å²) in [5, 5.41) is 16.6. The van der Waals surface area contributed by atoms with Gasteiger partial charge in [0, 0.05) is 31.8 Å². The molecule has 0 aliphatic heterocycles. The van der Waals surface area contributed by atoms with Crippen LogP contribution in [0.15, 0.2) is 12.3 Å². The molecule has 0 saturated carbocycles. The van der Waals surface area contributed by atoms with E-state index in [0.717, 1.165) is 23.1 Å². The van der Waals surface area contributed by atoms with E-state index < -0.39 is 0 Å². The SMILES string of the molecule is Cc1nn(C)c2ncc(C(=O)NCCCCO)cc12. The van der Waals surface area contributed by atoms with Crippen molar-refractivity contribution in [1.29, 1.82) is 0 Å². The van der Waals surface area contributed by atoms with E-state index in [0.29, 0.717) is 18.5 Å². The molecule has 2 rings (SSSR count). The first kappa shape index (κ1) is 13.5. The minimum Gasteiger partial charge on any atom is -0.396 e. The van der Waals surface area contributed by atoms with Crippen LogP contribution in [-0.4, -0.2) is 38.9 Å². The van der Waals surface area contributed by atoms with Gasteiger partial charge in [-0.25, -0.2) is 4.98 Å². The highest BCUT2D eigenvalue weighted by molar-refractivity contribution is 5.97. The van der Waals surface area contributed by atoms with Gasteiger partial charge in [-0.15, -0.1) is 0 Å². The number of aryl methyl sites for hydroxylation is 2. The number of aromatic nitrogens is 3. The summed E-state index contributed by atoms with van der Waals surface area (Å²) < 4.78 is 1.70. The van der Waals surface area contributed by atoms with E-state index in [1.807, 2.05) is 20.0 Å². The summed E-state index contributed by atoms with van der Waals surface area (Å²) in [6.07, 6.45) is 3.02. The van der Waals surface area contributed by atoms with Gasteiger partial charge in [0.25, 0.3) is 5.91 Å². The minimum absolute atomic E-state index is 0.143. The lowest BCUT2D eigenvalue weighted by Crippen LogP contribution is -2.24. The molecule has 2 N–H and O–H groups in total. The number of aliphatic hydroxyl groups excluding tert-OH is 1. The zero-order valence-corrected chi connectivity index (χ0v) is 11.2. The molecular formula is C13H18N4O2. The standard InChI is InChI=1S/C13H18N4O2/c1-9-11-7-10(8-15-12(11)17(2)16-9)13(19)14-5-3-4-6-18/h7-8,18H,3-6H2,1-2H3,(H,14,19). The maximum absolute atomic E-state index is 11.9. The topological polar surface area (TPSA) is 80.0 Å². The third-order valence-corrected chi connectivity index (χ3v) is 3.00. The molecule has 102 valence electrons. The molecule has 0 atom stereocenters. The van der Waals surface area contributed by atoms with Crippen LogP contribution in [-0.2, 0) is 7.05 Å². The van der Waals surface area contributed by atoms with Gasteiger partial charge < -0.3 is 10.4 Å². The van der Waals surface area contributed by atoms with Crippen molar-refractivity contribution in [2.45, 2.75) is 19.8 Å². The Bertz CT molecular complexity index is 592. The van der Waals surface area contributed by atoms with E-state index >= 15 is 0 Å². The van der Waals surface area contributed by atoms with Crippen molar-refractivity contribution in [3.05, 3.63) is 23.5 Å². The molecule has 2 aromatic heterocycles. The van der Waals surface area contributed by atoms with E-state index in [4.69, 9.17) is 5.11 Å². The average molecular weight is 262 g/mol. The van der Waals surface area contributed by atoms with Crippen LogP contribution in [0.1, 0.15) is 28.9 Å². The summed E-state index contributed by atoms with van der Waals surface area (Å²) in [6.45, 7) is 2.61. The third kappa shape index (κ3) is 2.90. The number of pyridine rings is 1. The van der Waals surface area contributed by atoms with Crippen LogP contribution in [0.25, 0.3) is 11.0 Å². The molecule has 0 aliphatic carbocycles. The monoisotopic (exact) mass is 262 g/mol. The number of carbonyl (C=O) groups is 1. The fourth-order valence-corrected chi connectivity index (χ4v) is 1.97. The Kier molecular flexibility index (Phi) is 4.11. The summed E-state index contributed by atoms with van der Waals surface area (Å²) in [7, 11) is 1.83. The van der Waals surface area contributed by atoms with Crippen molar-refractivity contribution in [1.82, 2.24) is 20.1 Å². The predicted molar refractivity (Wildman–Crippen MR) is 71.9 cm³/mol. The van der Waals surface area contributed by atoms with Crippen LogP contribution >= 0.6 is 0 Å². The normalized spacial score (nSPS) is 10.9. The number of nitrogens with one attached hydrogen (secondary N) is 1. The highest BCUT2D eigenvalue weighted by atomic mass is 16.2. The summed E-state index contributed by atoms with van der Waals surface area (Å²) in [5.41, 5.74) is 2.17. The molecule has 6 nitrogen and oxygen atoms in total. The highest BCUT2D eigenvalue weighted by Crippen LogP contribution is 2.16. The summed E-state index contributed by atoms with van der Waals surface area (Å²) >= 11 is 0. The largest absolute Gasteiger partial charge is 0.396 e. The van der Waals surface area contributed by atoms with E-state index in [1.165, 1.54) is 0 Å². The van der Waals surface area contributed by atoms with E-state index in [9.17, 15) is 4.79 Å². The molecule has 0 aromatic carbocycles. The second kappa shape index (κ2) is 5.79. The van der Waals surface area contributed by atoms with Crippen LogP contribution in [0.4, 0.5) is 0 Å². The summed E-state index contributed by atoms with van der Waals surface area (Å²) in [5.74, 6) is -0.143. The van der Waals surface area contributed by atoms with Crippen LogP contribution in [0.2, 0.25) is 0 Å². The lowest BCUT2D eigenvalue weighted by atomic mass is 10.2. The Morgan fingerprint density at radius 2 is 2.26 bits per heavy atom. The number of hydrogen-bond donors (Lipinski definition) is 2. The van der Waals surface area contributed by atoms with Gasteiger partial charge in [-0.1, -0.05) is 0 Å². The first-order valence-electron chi connectivity index (χ1n) is 6.32. The second-order valence-electron chi connectivity index (χ2n) is 4.49. The van der Waals surface area contributed by atoms with Crippen molar-refractivity contribution in [2.24, 2.45) is 7.05 Å². The van der Waals surface area contributed by atoms with Crippen molar-refractivity contribution < 1.29 is 9.90 Å². The molecule has 0 aliphatic rings. The van der Waals surface area contributed by atoms with Gasteiger partial charge in [-0.2, -0.15) is 5.10 Å². The van der Waals surface area contributed by atoms with Gasteiger partial charge in [0.2, 0.25) is 0 Å². The van der Waals surface area contributed by atoms with Crippen LogP contribution < -0.4 is 5.32 Å². The van der Waals surface area contributed by atoms with Gasteiger partial charge >= 0.3 is 0 Å². The van der Waals surface area contributed by atoms with Gasteiger partial charge in [-0.05, 0) is 25.8 Å². The molecule has 0 unspecified atom stereocenters. The minimum atomic E-state index is -0.143. The predicted octanol–water partition coefficient (Wildman–Crippen LogP) is 0.779. The summed E-state index contributed by atoms with van der Waals surface area (Å²) in [6, 6.07) is 1.81. The van der Waals surface area contributed by atoms with Crippen molar-refractivity contribution in [3.8, 4) is 0 Å². The van der Waals surface area contributed by atoms with Crippen molar-refractivity contribution >= 4 is 16.9 Å². The molecule has 2 aromatic rings. The van der Waals surface area contributed by atoms with Crippen LogP contribution in [0.5, 0.6) is 0 Å². The Hall–Kier alpha value is -1.95. The molecule has 1 amide bonds. The van der Waals surface area contributed by atoms with E-state index in [-0.39, 0.29) is 12.5 Å².